The first-order chi connectivity index (χ1) is 8.18. The van der Waals surface area contributed by atoms with E-state index in [-0.39, 0.29) is 5.91 Å². The largest absolute Gasteiger partial charge is 0.397 e. The minimum Gasteiger partial charge on any atom is -0.397 e. The molecule has 4 nitrogen and oxygen atoms in total. The molecule has 1 amide bonds. The maximum absolute atomic E-state index is 12.1. The van der Waals surface area contributed by atoms with Crippen LogP contribution in [-0.4, -0.2) is 22.8 Å². The summed E-state index contributed by atoms with van der Waals surface area (Å²) >= 11 is 1.36. The lowest BCUT2D eigenvalue weighted by atomic mass is 10.2. The molecular weight excluding hydrogens is 234 g/mol. The highest BCUT2D eigenvalue weighted by Gasteiger charge is 2.15. The van der Waals surface area contributed by atoms with Gasteiger partial charge in [0.1, 0.15) is 4.88 Å². The van der Waals surface area contributed by atoms with Gasteiger partial charge in [0.2, 0.25) is 0 Å². The van der Waals surface area contributed by atoms with Crippen LogP contribution in [-0.2, 0) is 6.54 Å². The molecule has 2 rings (SSSR count). The topological polar surface area (TPSA) is 59.2 Å². The fraction of sp³-hybridized carbons (Fsp3) is 0.167. The smallest absolute Gasteiger partial charge is 0.266 e. The zero-order valence-corrected chi connectivity index (χ0v) is 10.3. The fourth-order valence-electron chi connectivity index (χ4n) is 1.50. The van der Waals surface area contributed by atoms with Crippen LogP contribution in [0.4, 0.5) is 5.69 Å². The molecule has 5 heteroatoms. The Bertz CT molecular complexity index is 509. The summed E-state index contributed by atoms with van der Waals surface area (Å²) in [7, 11) is 1.76. The third kappa shape index (κ3) is 2.62. The summed E-state index contributed by atoms with van der Waals surface area (Å²) in [5.74, 6) is -0.0543. The second-order valence-electron chi connectivity index (χ2n) is 3.73. The van der Waals surface area contributed by atoms with Crippen LogP contribution < -0.4 is 5.73 Å². The molecule has 0 bridgehead atoms. The van der Waals surface area contributed by atoms with Crippen molar-refractivity contribution in [1.82, 2.24) is 9.88 Å². The van der Waals surface area contributed by atoms with Gasteiger partial charge in [0.25, 0.3) is 5.91 Å². The third-order valence-electron chi connectivity index (χ3n) is 2.38. The van der Waals surface area contributed by atoms with Crippen molar-refractivity contribution in [3.8, 4) is 0 Å². The van der Waals surface area contributed by atoms with Crippen LogP contribution in [0.25, 0.3) is 0 Å². The summed E-state index contributed by atoms with van der Waals surface area (Å²) in [4.78, 5) is 18.3. The number of pyridine rings is 1. The quantitative estimate of drug-likeness (QED) is 0.902. The molecule has 2 aromatic heterocycles. The van der Waals surface area contributed by atoms with Gasteiger partial charge in [0.15, 0.2) is 0 Å². The normalized spacial score (nSPS) is 10.2. The number of carbonyl (C=O) groups is 1. The van der Waals surface area contributed by atoms with E-state index in [1.165, 1.54) is 11.3 Å². The lowest BCUT2D eigenvalue weighted by molar-refractivity contribution is 0.0790. The number of carbonyl (C=O) groups excluding carboxylic acids is 1. The van der Waals surface area contributed by atoms with Crippen molar-refractivity contribution in [1.29, 1.82) is 0 Å². The molecule has 0 aliphatic heterocycles. The average molecular weight is 247 g/mol. The van der Waals surface area contributed by atoms with Crippen LogP contribution in [0.3, 0.4) is 0 Å². The number of nitrogens with two attached hydrogens (primary N) is 1. The standard InChI is InChI=1S/C12H13N3OS/c1-15(8-9-3-2-5-14-7-9)12(16)11-10(13)4-6-17-11/h2-7H,8,13H2,1H3. The van der Waals surface area contributed by atoms with Gasteiger partial charge in [-0.05, 0) is 23.1 Å². The highest BCUT2D eigenvalue weighted by atomic mass is 32.1. The van der Waals surface area contributed by atoms with E-state index in [9.17, 15) is 4.79 Å². The van der Waals surface area contributed by atoms with Gasteiger partial charge in [0, 0.05) is 26.0 Å². The summed E-state index contributed by atoms with van der Waals surface area (Å²) in [6.45, 7) is 0.532. The Morgan fingerprint density at radius 3 is 2.94 bits per heavy atom. The molecule has 2 N–H and O–H groups in total. The number of thiophene rings is 1. The van der Waals surface area contributed by atoms with Crippen molar-refractivity contribution in [3.05, 3.63) is 46.4 Å². The van der Waals surface area contributed by atoms with Gasteiger partial charge in [0.05, 0.1) is 5.69 Å². The summed E-state index contributed by atoms with van der Waals surface area (Å²) in [5, 5.41) is 1.82. The van der Waals surface area contributed by atoms with Gasteiger partial charge in [-0.3, -0.25) is 9.78 Å². The SMILES string of the molecule is CN(Cc1cccnc1)C(=O)c1sccc1N. The van der Waals surface area contributed by atoms with Crippen molar-refractivity contribution in [3.63, 3.8) is 0 Å². The zero-order chi connectivity index (χ0) is 12.3. The molecule has 0 aromatic carbocycles. The van der Waals surface area contributed by atoms with E-state index >= 15 is 0 Å². The number of nitrogens with zero attached hydrogens (tertiary/aromatic N) is 2. The highest BCUT2D eigenvalue weighted by molar-refractivity contribution is 7.12. The first-order valence-corrected chi connectivity index (χ1v) is 6.04. The number of aromatic nitrogens is 1. The molecule has 0 fully saturated rings. The van der Waals surface area contributed by atoms with Crippen molar-refractivity contribution in [2.24, 2.45) is 0 Å². The second-order valence-corrected chi connectivity index (χ2v) is 4.64. The number of rotatable bonds is 3. The van der Waals surface area contributed by atoms with Gasteiger partial charge < -0.3 is 10.6 Å². The number of amides is 1. The minimum atomic E-state index is -0.0543. The van der Waals surface area contributed by atoms with E-state index in [4.69, 9.17) is 5.73 Å². The predicted molar refractivity (Wildman–Crippen MR) is 68.8 cm³/mol. The minimum absolute atomic E-state index is 0.0543. The van der Waals surface area contributed by atoms with Gasteiger partial charge >= 0.3 is 0 Å². The van der Waals surface area contributed by atoms with E-state index in [2.05, 4.69) is 4.98 Å². The molecule has 17 heavy (non-hydrogen) atoms. The second kappa shape index (κ2) is 4.97. The maximum atomic E-state index is 12.1. The molecule has 0 unspecified atom stereocenters. The maximum Gasteiger partial charge on any atom is 0.266 e. The van der Waals surface area contributed by atoms with E-state index in [0.717, 1.165) is 5.56 Å². The van der Waals surface area contributed by atoms with E-state index in [0.29, 0.717) is 17.1 Å². The molecule has 0 spiro atoms. The van der Waals surface area contributed by atoms with E-state index < -0.39 is 0 Å². The highest BCUT2D eigenvalue weighted by Crippen LogP contribution is 2.20. The first kappa shape index (κ1) is 11.6. The van der Waals surface area contributed by atoms with Crippen LogP contribution in [0.1, 0.15) is 15.2 Å². The first-order valence-electron chi connectivity index (χ1n) is 5.16. The van der Waals surface area contributed by atoms with E-state index in [1.54, 1.807) is 30.4 Å². The number of hydrogen-bond acceptors (Lipinski definition) is 4. The lowest BCUT2D eigenvalue weighted by Crippen LogP contribution is -2.26. The Balaban J connectivity index is 2.09. The Morgan fingerprint density at radius 2 is 2.35 bits per heavy atom. The molecule has 0 saturated carbocycles. The van der Waals surface area contributed by atoms with Crippen LogP contribution in [0.2, 0.25) is 0 Å². The monoisotopic (exact) mass is 247 g/mol. The fourth-order valence-corrected chi connectivity index (χ4v) is 2.32. The van der Waals surface area contributed by atoms with Crippen LogP contribution >= 0.6 is 11.3 Å². The molecule has 88 valence electrons. The van der Waals surface area contributed by atoms with Crippen molar-refractivity contribution < 1.29 is 4.79 Å². The summed E-state index contributed by atoms with van der Waals surface area (Å²) in [6, 6.07) is 5.54. The Labute approximate surface area is 104 Å². The Kier molecular flexibility index (Phi) is 3.39. The van der Waals surface area contributed by atoms with Crippen molar-refractivity contribution in [2.45, 2.75) is 6.54 Å². The third-order valence-corrected chi connectivity index (χ3v) is 3.30. The molecule has 0 saturated heterocycles. The van der Waals surface area contributed by atoms with E-state index in [1.807, 2.05) is 17.5 Å². The molecule has 0 atom stereocenters. The van der Waals surface area contributed by atoms with Gasteiger partial charge in [-0.15, -0.1) is 11.3 Å². The lowest BCUT2D eigenvalue weighted by Gasteiger charge is -2.16. The molecular formula is C12H13N3OS. The van der Waals surface area contributed by atoms with Gasteiger partial charge in [-0.25, -0.2) is 0 Å². The number of nitrogen functional groups attached to an aromatic ring is 1. The Morgan fingerprint density at radius 1 is 1.53 bits per heavy atom. The van der Waals surface area contributed by atoms with Gasteiger partial charge in [-0.2, -0.15) is 0 Å². The Hall–Kier alpha value is -1.88. The van der Waals surface area contributed by atoms with Crippen LogP contribution in [0.5, 0.6) is 0 Å². The van der Waals surface area contributed by atoms with Crippen molar-refractivity contribution in [2.75, 3.05) is 12.8 Å². The van der Waals surface area contributed by atoms with Crippen molar-refractivity contribution >= 4 is 22.9 Å². The van der Waals surface area contributed by atoms with Crippen LogP contribution in [0.15, 0.2) is 36.0 Å². The zero-order valence-electron chi connectivity index (χ0n) is 9.46. The molecule has 2 aromatic rings. The number of anilines is 1. The average Bonchev–Trinajstić information content (AvgIpc) is 2.76. The number of hydrogen-bond donors (Lipinski definition) is 1. The summed E-state index contributed by atoms with van der Waals surface area (Å²) in [5.41, 5.74) is 7.26. The molecule has 2 heterocycles. The predicted octanol–water partition coefficient (Wildman–Crippen LogP) is 2.00. The molecule has 0 aliphatic carbocycles. The van der Waals surface area contributed by atoms with Gasteiger partial charge in [-0.1, -0.05) is 6.07 Å². The summed E-state index contributed by atoms with van der Waals surface area (Å²) < 4.78 is 0. The molecule has 0 radical (unpaired) electrons. The molecule has 0 aliphatic rings. The summed E-state index contributed by atoms with van der Waals surface area (Å²) in [6.07, 6.45) is 3.46. The van der Waals surface area contributed by atoms with Crippen LogP contribution in [0, 0.1) is 0 Å².